The zero-order chi connectivity index (χ0) is 28.3. The van der Waals surface area contributed by atoms with Gasteiger partial charge in [-0.2, -0.15) is 10.2 Å². The van der Waals surface area contributed by atoms with Gasteiger partial charge in [0.15, 0.2) is 0 Å². The molecule has 208 valence electrons. The van der Waals surface area contributed by atoms with E-state index in [0.717, 1.165) is 48.3 Å². The van der Waals surface area contributed by atoms with E-state index in [9.17, 15) is 4.79 Å². The van der Waals surface area contributed by atoms with Gasteiger partial charge in [-0.3, -0.25) is 4.79 Å². The number of hydrogen-bond acceptors (Lipinski definition) is 8. The Bertz CT molecular complexity index is 1150. The Morgan fingerprint density at radius 2 is 2.03 bits per heavy atom. The number of amidine groups is 1. The van der Waals surface area contributed by atoms with Crippen LogP contribution in [0.5, 0.6) is 5.88 Å². The van der Waals surface area contributed by atoms with Gasteiger partial charge in [-0.15, -0.1) is 5.11 Å². The van der Waals surface area contributed by atoms with Gasteiger partial charge >= 0.3 is 0 Å². The number of fused-ring (bicyclic) bond motifs is 1. The molecule has 3 rings (SSSR count). The number of carbonyl (C=O) groups is 1. The van der Waals surface area contributed by atoms with Gasteiger partial charge in [0.05, 0.1) is 17.8 Å². The lowest BCUT2D eigenvalue weighted by molar-refractivity contribution is -0.120. The number of nitrogens with zero attached hydrogens (tertiary/aromatic N) is 5. The highest BCUT2D eigenvalue weighted by Gasteiger charge is 2.32. The van der Waals surface area contributed by atoms with Crippen molar-refractivity contribution in [2.24, 2.45) is 21.2 Å². The molecule has 38 heavy (non-hydrogen) atoms. The topological polar surface area (TPSA) is 127 Å². The lowest BCUT2D eigenvalue weighted by atomic mass is 9.81. The van der Waals surface area contributed by atoms with Crippen molar-refractivity contribution in [2.75, 3.05) is 19.5 Å². The highest BCUT2D eigenvalue weighted by Crippen LogP contribution is 2.36. The molecule has 10 heteroatoms. The van der Waals surface area contributed by atoms with Crippen molar-refractivity contribution in [3.05, 3.63) is 45.7 Å². The molecule has 0 aromatic carbocycles. The molecule has 1 aliphatic rings. The van der Waals surface area contributed by atoms with E-state index in [1.165, 1.54) is 24.6 Å². The third-order valence-corrected chi connectivity index (χ3v) is 7.34. The van der Waals surface area contributed by atoms with Crippen molar-refractivity contribution >= 4 is 29.0 Å². The summed E-state index contributed by atoms with van der Waals surface area (Å²) in [6, 6.07) is 3.82. The number of ether oxygens (including phenoxy) is 1. The second kappa shape index (κ2) is 14.8. The molecule has 0 bridgehead atoms. The van der Waals surface area contributed by atoms with Gasteiger partial charge in [-0.25, -0.2) is 9.97 Å². The molecule has 0 saturated carbocycles. The van der Waals surface area contributed by atoms with Crippen molar-refractivity contribution < 1.29 is 9.53 Å². The summed E-state index contributed by atoms with van der Waals surface area (Å²) >= 11 is 6.02. The zero-order valence-electron chi connectivity index (χ0n) is 23.8. The summed E-state index contributed by atoms with van der Waals surface area (Å²) < 4.78 is 5.02. The highest BCUT2D eigenvalue weighted by atomic mass is 35.5. The summed E-state index contributed by atoms with van der Waals surface area (Å²) in [6.45, 7) is 10.3. The molecule has 2 aromatic rings. The highest BCUT2D eigenvalue weighted by molar-refractivity contribution is 6.31. The minimum Gasteiger partial charge on any atom is -0.481 e. The van der Waals surface area contributed by atoms with Crippen LogP contribution in [-0.4, -0.2) is 41.3 Å². The van der Waals surface area contributed by atoms with E-state index in [4.69, 9.17) is 27.2 Å². The summed E-state index contributed by atoms with van der Waals surface area (Å²) in [5, 5.41) is 15.7. The summed E-state index contributed by atoms with van der Waals surface area (Å²) in [7, 11) is 3.15. The molecule has 0 radical (unpaired) electrons. The Balaban J connectivity index is 0.000000281. The van der Waals surface area contributed by atoms with Gasteiger partial charge in [0.25, 0.3) is 0 Å². The lowest BCUT2D eigenvalue weighted by Crippen LogP contribution is -2.41. The Hall–Kier alpha value is -3.07. The predicted octanol–water partition coefficient (Wildman–Crippen LogP) is 6.62. The third-order valence-electron chi connectivity index (χ3n) is 7.03. The van der Waals surface area contributed by atoms with E-state index in [0.29, 0.717) is 23.2 Å². The van der Waals surface area contributed by atoms with E-state index in [2.05, 4.69) is 45.5 Å². The first-order valence-electron chi connectivity index (χ1n) is 13.3. The van der Waals surface area contributed by atoms with E-state index in [1.54, 1.807) is 20.2 Å². The van der Waals surface area contributed by atoms with Crippen molar-refractivity contribution in [3.63, 3.8) is 0 Å². The number of carbonyl (C=O) groups excluding carboxylic acids is 1. The summed E-state index contributed by atoms with van der Waals surface area (Å²) in [5.74, 6) is 7.32. The van der Waals surface area contributed by atoms with Gasteiger partial charge in [0.1, 0.15) is 11.6 Å². The second-order valence-corrected chi connectivity index (χ2v) is 9.98. The number of rotatable bonds is 9. The molecule has 0 spiro atoms. The molecule has 2 atom stereocenters. The maximum absolute atomic E-state index is 11.8. The fourth-order valence-corrected chi connectivity index (χ4v) is 4.99. The van der Waals surface area contributed by atoms with Gasteiger partial charge in [-0.05, 0) is 56.2 Å². The molecule has 0 aliphatic carbocycles. The average Bonchev–Trinajstić information content (AvgIpc) is 2.92. The van der Waals surface area contributed by atoms with Crippen LogP contribution in [0.15, 0.2) is 33.7 Å². The molecule has 3 heterocycles. The number of anilines is 1. The number of aryl methyl sites for hydroxylation is 2. The number of halogens is 1. The monoisotopic (exact) mass is 543 g/mol. The maximum Gasteiger partial charge on any atom is 0.213 e. The van der Waals surface area contributed by atoms with Crippen LogP contribution in [0.3, 0.4) is 0 Å². The van der Waals surface area contributed by atoms with Crippen LogP contribution < -0.4 is 15.9 Å². The number of aromatic nitrogens is 2. The van der Waals surface area contributed by atoms with Crippen LogP contribution in [-0.2, 0) is 11.2 Å². The molecule has 0 fully saturated rings. The molecule has 0 saturated heterocycles. The third kappa shape index (κ3) is 7.72. The number of Topliss-reactive ketones (excluding diaryl/α,β-unsaturated/α-hetero) is 1. The van der Waals surface area contributed by atoms with E-state index in [1.807, 2.05) is 20.8 Å². The van der Waals surface area contributed by atoms with E-state index >= 15 is 0 Å². The van der Waals surface area contributed by atoms with Crippen molar-refractivity contribution in [1.82, 2.24) is 9.97 Å². The van der Waals surface area contributed by atoms with Crippen LogP contribution in [0.1, 0.15) is 94.5 Å². The van der Waals surface area contributed by atoms with E-state index < -0.39 is 0 Å². The first-order chi connectivity index (χ1) is 18.2. The smallest absolute Gasteiger partial charge is 0.213 e. The van der Waals surface area contributed by atoms with Crippen LogP contribution in [0, 0.1) is 6.92 Å². The largest absolute Gasteiger partial charge is 0.481 e. The lowest BCUT2D eigenvalue weighted by Gasteiger charge is -2.39. The number of nitrogens with two attached hydrogens (primary N) is 1. The summed E-state index contributed by atoms with van der Waals surface area (Å²) in [5.41, 5.74) is 3.89. The quantitative estimate of drug-likeness (QED) is 0.120. The average molecular weight is 544 g/mol. The number of azo groups is 1. The van der Waals surface area contributed by atoms with Crippen LogP contribution >= 0.6 is 11.6 Å². The molecular formula is C28H42ClN7O2. The fraction of sp³-hybridized carbons (Fsp3) is 0.571. The molecule has 0 amide bonds. The fourth-order valence-electron chi connectivity index (χ4n) is 4.73. The molecule has 3 N–H and O–H groups in total. The number of hydrazone groups is 1. The van der Waals surface area contributed by atoms with Crippen LogP contribution in [0.25, 0.3) is 0 Å². The van der Waals surface area contributed by atoms with Crippen LogP contribution in [0.2, 0.25) is 5.02 Å². The zero-order valence-corrected chi connectivity index (χ0v) is 24.5. The number of methoxy groups -OCH3 is 1. The second-order valence-electron chi connectivity index (χ2n) is 9.58. The van der Waals surface area contributed by atoms with E-state index in [-0.39, 0.29) is 17.2 Å². The van der Waals surface area contributed by atoms with Crippen molar-refractivity contribution in [1.29, 1.82) is 0 Å². The molecular weight excluding hydrogens is 502 g/mol. The molecule has 2 unspecified atom stereocenters. The SMILES string of the molecule is CCCC(=O)C(C)c1cc(OC)ncc1Cl.CCCC1(CC)CCc2cc(/C(N=NC)=N/N)c(C)nc2N1. The molecule has 2 aromatic heterocycles. The molecule has 9 nitrogen and oxygen atoms in total. The number of hydrogen-bond donors (Lipinski definition) is 2. The van der Waals surface area contributed by atoms with Gasteiger partial charge in [0.2, 0.25) is 11.7 Å². The Kier molecular flexibility index (Phi) is 12.1. The Morgan fingerprint density at radius 3 is 2.61 bits per heavy atom. The maximum atomic E-state index is 11.8. The van der Waals surface area contributed by atoms with Crippen LogP contribution in [0.4, 0.5) is 5.82 Å². The van der Waals surface area contributed by atoms with Crippen molar-refractivity contribution in [3.8, 4) is 5.88 Å². The van der Waals surface area contributed by atoms with Gasteiger partial charge in [-0.1, -0.05) is 45.7 Å². The normalized spacial score (nSPS) is 17.7. The first kappa shape index (κ1) is 31.1. The minimum absolute atomic E-state index is 0.177. The summed E-state index contributed by atoms with van der Waals surface area (Å²) in [6.07, 6.45) is 8.54. The first-order valence-corrected chi connectivity index (χ1v) is 13.7. The number of ketones is 1. The van der Waals surface area contributed by atoms with Gasteiger partial charge in [0, 0.05) is 42.8 Å². The predicted molar refractivity (Wildman–Crippen MR) is 154 cm³/mol. The standard InChI is InChI=1S/C16H26N6.C12H16ClNO2/c1-5-8-16(6-2)9-7-12-10-13(15(21-17)22-18-4)11(3)19-14(12)20-16;1-4-5-11(15)8(2)9-6-12(16-3)14-7-10(9)13/h10H,5-9,17H2,1-4H3,(H,19,20);6-8H,4-5H2,1-3H3/b21-15-,22-18?;. The van der Waals surface area contributed by atoms with Crippen molar-refractivity contribution in [2.45, 2.75) is 91.0 Å². The number of nitrogens with one attached hydrogen (secondary N) is 1. The Morgan fingerprint density at radius 1 is 1.29 bits per heavy atom. The number of pyridine rings is 2. The molecule has 1 aliphatic heterocycles. The summed E-state index contributed by atoms with van der Waals surface area (Å²) in [4.78, 5) is 20.5. The van der Waals surface area contributed by atoms with Gasteiger partial charge < -0.3 is 15.9 Å². The Labute approximate surface area is 231 Å². The minimum atomic E-state index is -0.204.